The maximum atomic E-state index is 13.5. The van der Waals surface area contributed by atoms with E-state index in [1.54, 1.807) is 13.2 Å². The molecule has 1 aromatic rings. The lowest BCUT2D eigenvalue weighted by Gasteiger charge is -2.41. The zero-order valence-electron chi connectivity index (χ0n) is 12.9. The van der Waals surface area contributed by atoms with Crippen molar-refractivity contribution < 1.29 is 14.2 Å². The fourth-order valence-electron chi connectivity index (χ4n) is 3.27. The predicted molar refractivity (Wildman–Crippen MR) is 78.3 cm³/mol. The van der Waals surface area contributed by atoms with Crippen LogP contribution in [0.5, 0.6) is 5.75 Å². The molecule has 1 aromatic carbocycles. The monoisotopic (exact) mass is 280 g/mol. The lowest BCUT2D eigenvalue weighted by Crippen LogP contribution is -2.35. The Morgan fingerprint density at radius 3 is 2.35 bits per heavy atom. The molecule has 2 nitrogen and oxygen atoms in total. The molecule has 1 saturated carbocycles. The number of rotatable bonds is 2. The summed E-state index contributed by atoms with van der Waals surface area (Å²) in [6.07, 6.45) is 3.24. The van der Waals surface area contributed by atoms with Crippen molar-refractivity contribution in [3.8, 4) is 5.75 Å². The van der Waals surface area contributed by atoms with Crippen molar-refractivity contribution in [3.63, 3.8) is 0 Å². The van der Waals surface area contributed by atoms with Gasteiger partial charge in [-0.25, -0.2) is 4.39 Å². The SMILES string of the molecule is COc1ccc(F)cc1C1(O)CCC(C(C)(C)C)CC1. The van der Waals surface area contributed by atoms with Crippen LogP contribution in [-0.2, 0) is 5.60 Å². The highest BCUT2D eigenvalue weighted by atomic mass is 19.1. The summed E-state index contributed by atoms with van der Waals surface area (Å²) in [6, 6.07) is 4.38. The maximum Gasteiger partial charge on any atom is 0.125 e. The van der Waals surface area contributed by atoms with Gasteiger partial charge in [-0.15, -0.1) is 0 Å². The Kier molecular flexibility index (Phi) is 4.10. The molecule has 0 radical (unpaired) electrons. The average Bonchev–Trinajstić information content (AvgIpc) is 2.38. The topological polar surface area (TPSA) is 29.5 Å². The third-order valence-corrected chi connectivity index (χ3v) is 4.70. The van der Waals surface area contributed by atoms with Crippen LogP contribution >= 0.6 is 0 Å². The van der Waals surface area contributed by atoms with Crippen molar-refractivity contribution in [3.05, 3.63) is 29.6 Å². The van der Waals surface area contributed by atoms with Crippen LogP contribution in [0.3, 0.4) is 0 Å². The minimum Gasteiger partial charge on any atom is -0.496 e. The van der Waals surface area contributed by atoms with Crippen molar-refractivity contribution in [2.24, 2.45) is 11.3 Å². The van der Waals surface area contributed by atoms with Crippen LogP contribution in [0.25, 0.3) is 0 Å². The summed E-state index contributed by atoms with van der Waals surface area (Å²) in [7, 11) is 1.56. The first-order chi connectivity index (χ1) is 9.26. The standard InChI is InChI=1S/C17H25FO2/c1-16(2,3)12-7-9-17(19,10-8-12)14-11-13(18)5-6-15(14)20-4/h5-6,11-12,19H,7-10H2,1-4H3. The third-order valence-electron chi connectivity index (χ3n) is 4.70. The molecule has 1 fully saturated rings. The highest BCUT2D eigenvalue weighted by molar-refractivity contribution is 5.38. The number of aliphatic hydroxyl groups is 1. The van der Waals surface area contributed by atoms with Crippen LogP contribution in [0.4, 0.5) is 4.39 Å². The minimum atomic E-state index is -0.963. The van der Waals surface area contributed by atoms with E-state index in [1.165, 1.54) is 12.1 Å². The molecule has 0 spiro atoms. The number of hydrogen-bond acceptors (Lipinski definition) is 2. The molecular formula is C17H25FO2. The third kappa shape index (κ3) is 2.98. The molecule has 0 unspecified atom stereocenters. The van der Waals surface area contributed by atoms with Crippen molar-refractivity contribution in [1.82, 2.24) is 0 Å². The van der Waals surface area contributed by atoms with Gasteiger partial charge < -0.3 is 9.84 Å². The Bertz CT molecular complexity index is 468. The van der Waals surface area contributed by atoms with Crippen LogP contribution in [0.15, 0.2) is 18.2 Å². The zero-order chi connectivity index (χ0) is 15.0. The summed E-state index contributed by atoms with van der Waals surface area (Å²) in [6.45, 7) is 6.72. The molecule has 112 valence electrons. The number of halogens is 1. The van der Waals surface area contributed by atoms with E-state index in [4.69, 9.17) is 4.74 Å². The number of benzene rings is 1. The zero-order valence-corrected chi connectivity index (χ0v) is 12.9. The van der Waals surface area contributed by atoms with Crippen LogP contribution < -0.4 is 4.74 Å². The van der Waals surface area contributed by atoms with Gasteiger partial charge in [-0.1, -0.05) is 20.8 Å². The molecule has 1 N–H and O–H groups in total. The van der Waals surface area contributed by atoms with Crippen molar-refractivity contribution >= 4 is 0 Å². The highest BCUT2D eigenvalue weighted by Gasteiger charge is 2.40. The first kappa shape index (κ1) is 15.3. The van der Waals surface area contributed by atoms with Crippen LogP contribution in [0.2, 0.25) is 0 Å². The first-order valence-corrected chi connectivity index (χ1v) is 7.33. The summed E-state index contributed by atoms with van der Waals surface area (Å²) in [5, 5.41) is 10.9. The van der Waals surface area contributed by atoms with Gasteiger partial charge in [-0.2, -0.15) is 0 Å². The predicted octanol–water partition coefficient (Wildman–Crippen LogP) is 4.26. The molecular weight excluding hydrogens is 255 g/mol. The Hall–Kier alpha value is -1.09. The highest BCUT2D eigenvalue weighted by Crippen LogP contribution is 2.47. The summed E-state index contributed by atoms with van der Waals surface area (Å²) in [5.74, 6) is 0.845. The lowest BCUT2D eigenvalue weighted by atomic mass is 9.67. The molecule has 0 aliphatic heterocycles. The van der Waals surface area contributed by atoms with E-state index in [0.29, 0.717) is 30.1 Å². The van der Waals surface area contributed by atoms with Gasteiger partial charge in [-0.3, -0.25) is 0 Å². The summed E-state index contributed by atoms with van der Waals surface area (Å²) in [4.78, 5) is 0. The molecule has 0 amide bonds. The van der Waals surface area contributed by atoms with E-state index >= 15 is 0 Å². The summed E-state index contributed by atoms with van der Waals surface area (Å²) >= 11 is 0. The fourth-order valence-corrected chi connectivity index (χ4v) is 3.27. The molecule has 0 atom stereocenters. The normalized spacial score (nSPS) is 27.4. The fraction of sp³-hybridized carbons (Fsp3) is 0.647. The summed E-state index contributed by atoms with van der Waals surface area (Å²) < 4.78 is 18.8. The van der Waals surface area contributed by atoms with Crippen molar-refractivity contribution in [2.45, 2.75) is 52.1 Å². The minimum absolute atomic E-state index is 0.257. The van der Waals surface area contributed by atoms with Crippen LogP contribution in [-0.4, -0.2) is 12.2 Å². The second-order valence-electron chi connectivity index (χ2n) is 7.02. The van der Waals surface area contributed by atoms with E-state index in [2.05, 4.69) is 20.8 Å². The molecule has 1 aliphatic rings. The van der Waals surface area contributed by atoms with Gasteiger partial charge in [-0.05, 0) is 55.2 Å². The Labute approximate surface area is 121 Å². The Morgan fingerprint density at radius 2 is 1.85 bits per heavy atom. The molecule has 3 heteroatoms. The van der Waals surface area contributed by atoms with Gasteiger partial charge in [0.25, 0.3) is 0 Å². The van der Waals surface area contributed by atoms with Gasteiger partial charge in [0.05, 0.1) is 12.7 Å². The van der Waals surface area contributed by atoms with E-state index < -0.39 is 5.60 Å². The quantitative estimate of drug-likeness (QED) is 0.877. The van der Waals surface area contributed by atoms with Crippen LogP contribution in [0.1, 0.15) is 52.0 Å². The van der Waals surface area contributed by atoms with E-state index in [1.807, 2.05) is 0 Å². The first-order valence-electron chi connectivity index (χ1n) is 7.33. The number of ether oxygens (including phenoxy) is 1. The molecule has 0 heterocycles. The van der Waals surface area contributed by atoms with Crippen LogP contribution in [0, 0.1) is 17.2 Å². The number of hydrogen-bond donors (Lipinski definition) is 1. The van der Waals surface area contributed by atoms with Crippen molar-refractivity contribution in [2.75, 3.05) is 7.11 Å². The lowest BCUT2D eigenvalue weighted by molar-refractivity contribution is -0.0314. The smallest absolute Gasteiger partial charge is 0.125 e. The molecule has 1 aliphatic carbocycles. The largest absolute Gasteiger partial charge is 0.496 e. The van der Waals surface area contributed by atoms with E-state index in [0.717, 1.165) is 12.8 Å². The maximum absolute atomic E-state index is 13.5. The van der Waals surface area contributed by atoms with E-state index in [9.17, 15) is 9.50 Å². The average molecular weight is 280 g/mol. The van der Waals surface area contributed by atoms with Gasteiger partial charge in [0, 0.05) is 5.56 Å². The Morgan fingerprint density at radius 1 is 1.25 bits per heavy atom. The Balaban J connectivity index is 2.24. The molecule has 0 aromatic heterocycles. The van der Waals surface area contributed by atoms with Gasteiger partial charge in [0.2, 0.25) is 0 Å². The molecule has 20 heavy (non-hydrogen) atoms. The van der Waals surface area contributed by atoms with Gasteiger partial charge >= 0.3 is 0 Å². The second-order valence-corrected chi connectivity index (χ2v) is 7.02. The molecule has 0 bridgehead atoms. The van der Waals surface area contributed by atoms with Crippen molar-refractivity contribution in [1.29, 1.82) is 0 Å². The van der Waals surface area contributed by atoms with Gasteiger partial charge in [0.15, 0.2) is 0 Å². The molecule has 2 rings (SSSR count). The van der Waals surface area contributed by atoms with Gasteiger partial charge in [0.1, 0.15) is 11.6 Å². The molecule has 0 saturated heterocycles. The number of methoxy groups -OCH3 is 1. The van der Waals surface area contributed by atoms with E-state index in [-0.39, 0.29) is 11.2 Å². The second kappa shape index (κ2) is 5.36. The summed E-state index contributed by atoms with van der Waals surface area (Å²) in [5.41, 5.74) is -0.116.